The van der Waals surface area contributed by atoms with Gasteiger partial charge in [0.1, 0.15) is 0 Å². The molecule has 2 aromatic carbocycles. The summed E-state index contributed by atoms with van der Waals surface area (Å²) >= 11 is 3.47. The molecule has 5 nitrogen and oxygen atoms in total. The van der Waals surface area contributed by atoms with Gasteiger partial charge in [0.05, 0.1) is 29.9 Å². The van der Waals surface area contributed by atoms with Crippen molar-refractivity contribution in [3.05, 3.63) is 53.1 Å². The van der Waals surface area contributed by atoms with E-state index in [1.807, 2.05) is 16.7 Å². The highest BCUT2D eigenvalue weighted by Crippen LogP contribution is 2.33. The third-order valence-electron chi connectivity index (χ3n) is 5.95. The molecule has 0 N–H and O–H groups in total. The molecule has 0 aliphatic carbocycles. The molecule has 0 saturated carbocycles. The molecule has 1 aliphatic rings. The van der Waals surface area contributed by atoms with Crippen molar-refractivity contribution in [1.82, 2.24) is 9.88 Å². The Bertz CT molecular complexity index is 1110. The topological polar surface area (TPSA) is 45.7 Å². The quantitative estimate of drug-likeness (QED) is 0.354. The number of aryl methyl sites for hydroxylation is 2. The molecule has 7 heteroatoms. The Morgan fingerprint density at radius 1 is 1.18 bits per heavy atom. The molecule has 1 aliphatic heterocycles. The third kappa shape index (κ3) is 6.60. The summed E-state index contributed by atoms with van der Waals surface area (Å²) < 4.78 is 6.64. The smallest absolute Gasteiger partial charge is 0.233 e. The Balaban J connectivity index is 1.51. The maximum Gasteiger partial charge on any atom is 0.233 e. The number of thiazole rings is 1. The normalized spacial score (nSPS) is 14.7. The van der Waals surface area contributed by atoms with E-state index in [-0.39, 0.29) is 5.91 Å². The lowest BCUT2D eigenvalue weighted by Crippen LogP contribution is -2.39. The molecule has 0 radical (unpaired) electrons. The van der Waals surface area contributed by atoms with Gasteiger partial charge in [0.15, 0.2) is 5.13 Å². The van der Waals surface area contributed by atoms with Gasteiger partial charge in [-0.2, -0.15) is 0 Å². The van der Waals surface area contributed by atoms with Crippen LogP contribution in [0, 0.1) is 13.8 Å². The summed E-state index contributed by atoms with van der Waals surface area (Å²) in [5.74, 6) is 0.111. The molecule has 3 aromatic rings. The summed E-state index contributed by atoms with van der Waals surface area (Å²) in [6.45, 7) is 13.8. The monoisotopic (exact) mass is 497 g/mol. The second-order valence-corrected chi connectivity index (χ2v) is 11.9. The van der Waals surface area contributed by atoms with Crippen LogP contribution in [0.1, 0.15) is 37.0 Å². The molecular weight excluding hydrogens is 462 g/mol. The number of ether oxygens (including phenoxy) is 1. The summed E-state index contributed by atoms with van der Waals surface area (Å²) in [7, 11) is 0. The number of fused-ring (bicyclic) bond motifs is 1. The molecule has 1 aromatic heterocycles. The highest BCUT2D eigenvalue weighted by Gasteiger charge is 2.21. The molecule has 34 heavy (non-hydrogen) atoms. The summed E-state index contributed by atoms with van der Waals surface area (Å²) in [5, 5.41) is 1.35. The lowest BCUT2D eigenvalue weighted by Gasteiger charge is -2.27. The van der Waals surface area contributed by atoms with E-state index in [1.165, 1.54) is 20.7 Å². The van der Waals surface area contributed by atoms with Crippen molar-refractivity contribution >= 4 is 44.4 Å². The summed E-state index contributed by atoms with van der Waals surface area (Å²) in [6.07, 6.45) is 1.31. The zero-order chi connectivity index (χ0) is 24.1. The van der Waals surface area contributed by atoms with E-state index in [0.29, 0.717) is 18.2 Å². The summed E-state index contributed by atoms with van der Waals surface area (Å²) in [6, 6.07) is 12.7. The van der Waals surface area contributed by atoms with Gasteiger partial charge in [-0.15, -0.1) is 11.8 Å². The molecular formula is C27H35N3O2S2. The van der Waals surface area contributed by atoms with Crippen molar-refractivity contribution in [2.24, 2.45) is 0 Å². The van der Waals surface area contributed by atoms with Gasteiger partial charge in [-0.25, -0.2) is 4.98 Å². The van der Waals surface area contributed by atoms with Crippen LogP contribution < -0.4 is 4.90 Å². The minimum Gasteiger partial charge on any atom is -0.379 e. The minimum absolute atomic E-state index is 0.111. The fourth-order valence-electron chi connectivity index (χ4n) is 4.31. The zero-order valence-electron chi connectivity index (χ0n) is 20.7. The van der Waals surface area contributed by atoms with E-state index in [4.69, 9.17) is 9.72 Å². The van der Waals surface area contributed by atoms with E-state index in [9.17, 15) is 4.79 Å². The van der Waals surface area contributed by atoms with Crippen molar-refractivity contribution in [3.63, 3.8) is 0 Å². The van der Waals surface area contributed by atoms with Crippen LogP contribution in [0.25, 0.3) is 10.2 Å². The molecule has 0 bridgehead atoms. The average Bonchev–Trinajstić information content (AvgIpc) is 3.22. The largest absolute Gasteiger partial charge is 0.379 e. The van der Waals surface area contributed by atoms with Gasteiger partial charge in [-0.1, -0.05) is 43.4 Å². The highest BCUT2D eigenvalue weighted by molar-refractivity contribution is 7.99. The van der Waals surface area contributed by atoms with Crippen LogP contribution in [0.2, 0.25) is 0 Å². The van der Waals surface area contributed by atoms with Crippen LogP contribution >= 0.6 is 23.1 Å². The number of anilines is 1. The maximum atomic E-state index is 13.5. The molecule has 1 fully saturated rings. The van der Waals surface area contributed by atoms with Gasteiger partial charge < -0.3 is 4.74 Å². The molecule has 1 amide bonds. The predicted molar refractivity (Wildman–Crippen MR) is 144 cm³/mol. The van der Waals surface area contributed by atoms with E-state index in [2.05, 4.69) is 69.0 Å². The van der Waals surface area contributed by atoms with Gasteiger partial charge in [0.25, 0.3) is 0 Å². The first-order valence-corrected chi connectivity index (χ1v) is 13.8. The molecule has 1 saturated heterocycles. The first-order valence-electron chi connectivity index (χ1n) is 12.1. The number of amides is 1. The molecule has 0 spiro atoms. The van der Waals surface area contributed by atoms with Crippen LogP contribution in [0.15, 0.2) is 41.3 Å². The number of hydrogen-bond donors (Lipinski definition) is 0. The number of thioether (sulfide) groups is 1. The standard InChI is InChI=1S/C27H35N3O2S2/c1-19(2)33-23-8-6-22(7-9-23)18-25(31)30(11-5-10-29-12-14-32-15-13-29)27-28-24-17-20(3)16-21(4)26(24)34-27/h6-9,16-17,19H,5,10-15,18H2,1-4H3. The Hall–Kier alpha value is -1.93. The van der Waals surface area contributed by atoms with Crippen LogP contribution in [0.3, 0.4) is 0 Å². The maximum absolute atomic E-state index is 13.5. The van der Waals surface area contributed by atoms with E-state index in [0.717, 1.165) is 55.5 Å². The number of benzene rings is 2. The van der Waals surface area contributed by atoms with Crippen LogP contribution in [0.5, 0.6) is 0 Å². The first kappa shape index (κ1) is 25.2. The number of nitrogens with zero attached hydrogens (tertiary/aromatic N) is 3. The van der Waals surface area contributed by atoms with Crippen LogP contribution in [-0.2, 0) is 16.0 Å². The Kier molecular flexibility index (Phi) is 8.64. The van der Waals surface area contributed by atoms with Gasteiger partial charge >= 0.3 is 0 Å². The Morgan fingerprint density at radius 3 is 2.62 bits per heavy atom. The zero-order valence-corrected chi connectivity index (χ0v) is 22.3. The SMILES string of the molecule is Cc1cc(C)c2sc(N(CCCN3CCOCC3)C(=O)Cc3ccc(SC(C)C)cc3)nc2c1. The van der Waals surface area contributed by atoms with Crippen molar-refractivity contribution in [2.75, 3.05) is 44.3 Å². The van der Waals surface area contributed by atoms with Gasteiger partial charge in [-0.3, -0.25) is 14.6 Å². The number of carbonyl (C=O) groups excluding carboxylic acids is 1. The van der Waals surface area contributed by atoms with Crippen molar-refractivity contribution in [2.45, 2.75) is 50.7 Å². The second kappa shape index (κ2) is 11.7. The van der Waals surface area contributed by atoms with E-state index < -0.39 is 0 Å². The fourth-order valence-corrected chi connectivity index (χ4v) is 6.21. The minimum atomic E-state index is 0.111. The number of rotatable bonds is 9. The van der Waals surface area contributed by atoms with E-state index in [1.54, 1.807) is 11.3 Å². The number of morpholine rings is 1. The first-order chi connectivity index (χ1) is 16.4. The number of carbonyl (C=O) groups is 1. The van der Waals surface area contributed by atoms with Gasteiger partial charge in [-0.05, 0) is 55.2 Å². The highest BCUT2D eigenvalue weighted by atomic mass is 32.2. The lowest BCUT2D eigenvalue weighted by atomic mass is 10.1. The molecule has 0 atom stereocenters. The van der Waals surface area contributed by atoms with Gasteiger partial charge in [0, 0.05) is 36.3 Å². The van der Waals surface area contributed by atoms with Crippen molar-refractivity contribution in [1.29, 1.82) is 0 Å². The number of aromatic nitrogens is 1. The second-order valence-electron chi connectivity index (χ2n) is 9.27. The molecule has 0 unspecified atom stereocenters. The lowest BCUT2D eigenvalue weighted by molar-refractivity contribution is -0.118. The van der Waals surface area contributed by atoms with E-state index >= 15 is 0 Å². The number of hydrogen-bond acceptors (Lipinski definition) is 6. The predicted octanol–water partition coefficient (Wildman–Crippen LogP) is 5.71. The Morgan fingerprint density at radius 2 is 1.91 bits per heavy atom. The van der Waals surface area contributed by atoms with Crippen LogP contribution in [0.4, 0.5) is 5.13 Å². The average molecular weight is 498 g/mol. The van der Waals surface area contributed by atoms with Crippen molar-refractivity contribution < 1.29 is 9.53 Å². The summed E-state index contributed by atoms with van der Waals surface area (Å²) in [5.41, 5.74) is 4.45. The summed E-state index contributed by atoms with van der Waals surface area (Å²) in [4.78, 5) is 24.0. The van der Waals surface area contributed by atoms with Crippen LogP contribution in [-0.4, -0.2) is 60.4 Å². The fraction of sp³-hybridized carbons (Fsp3) is 0.481. The third-order valence-corrected chi connectivity index (χ3v) is 8.20. The Labute approximate surface area is 211 Å². The molecule has 2 heterocycles. The molecule has 4 rings (SSSR count). The van der Waals surface area contributed by atoms with Gasteiger partial charge in [0.2, 0.25) is 5.91 Å². The van der Waals surface area contributed by atoms with Crippen molar-refractivity contribution in [3.8, 4) is 0 Å². The molecule has 182 valence electrons.